The molecule has 0 aliphatic rings. The Labute approximate surface area is 97.8 Å². The minimum Gasteiger partial charge on any atom is -0.383 e. The minimum absolute atomic E-state index is 0.447. The fourth-order valence-corrected chi connectivity index (χ4v) is 1.91. The zero-order valence-corrected chi connectivity index (χ0v) is 10.5. The monoisotopic (exact) mass is 232 g/mol. The molecule has 15 heavy (non-hydrogen) atoms. The molecule has 0 fully saturated rings. The second kappa shape index (κ2) is 12.0. The molecule has 0 saturated carbocycles. The van der Waals surface area contributed by atoms with Gasteiger partial charge < -0.3 is 15.8 Å². The molecule has 0 aromatic heterocycles. The number of methoxy groups -OCH3 is 1. The summed E-state index contributed by atoms with van der Waals surface area (Å²) < 4.78 is 5.15. The van der Waals surface area contributed by atoms with Crippen molar-refractivity contribution in [2.75, 3.05) is 38.3 Å². The largest absolute Gasteiger partial charge is 0.383 e. The van der Waals surface area contributed by atoms with E-state index in [-0.39, 0.29) is 0 Å². The van der Waals surface area contributed by atoms with E-state index in [2.05, 4.69) is 11.9 Å². The number of hydrogen-bond donors (Lipinski definition) is 2. The van der Waals surface area contributed by atoms with Gasteiger partial charge in [-0.3, -0.25) is 0 Å². The molecule has 0 aliphatic heterocycles. The van der Waals surface area contributed by atoms with Crippen molar-refractivity contribution in [3.63, 3.8) is 0 Å². The fraction of sp³-hybridized carbons (Fsp3) is 0.818. The van der Waals surface area contributed by atoms with Gasteiger partial charge in [-0.2, -0.15) is 11.8 Å². The molecule has 0 aromatic rings. The zero-order chi connectivity index (χ0) is 11.4. The topological polar surface area (TPSA) is 47.3 Å². The van der Waals surface area contributed by atoms with Crippen molar-refractivity contribution in [1.29, 1.82) is 0 Å². The Morgan fingerprint density at radius 1 is 1.60 bits per heavy atom. The van der Waals surface area contributed by atoms with E-state index in [1.807, 2.05) is 17.8 Å². The van der Waals surface area contributed by atoms with Crippen molar-refractivity contribution in [3.8, 4) is 0 Å². The first kappa shape index (κ1) is 15.0. The Bertz CT molecular complexity index is 145. The molecule has 3 N–H and O–H groups in total. The molecule has 1 atom stereocenters. The van der Waals surface area contributed by atoms with Crippen molar-refractivity contribution in [3.05, 3.63) is 12.7 Å². The van der Waals surface area contributed by atoms with Crippen LogP contribution in [0.1, 0.15) is 12.8 Å². The van der Waals surface area contributed by atoms with Crippen molar-refractivity contribution < 1.29 is 4.74 Å². The zero-order valence-electron chi connectivity index (χ0n) is 9.71. The molecule has 0 radical (unpaired) electrons. The molecule has 0 aromatic carbocycles. The second-order valence-corrected chi connectivity index (χ2v) is 4.55. The molecule has 1 unspecified atom stereocenters. The van der Waals surface area contributed by atoms with Crippen LogP contribution in [0, 0.1) is 0 Å². The normalized spacial score (nSPS) is 12.7. The molecule has 4 heteroatoms. The van der Waals surface area contributed by atoms with Crippen LogP contribution >= 0.6 is 11.8 Å². The van der Waals surface area contributed by atoms with Crippen molar-refractivity contribution in [2.24, 2.45) is 5.73 Å². The van der Waals surface area contributed by atoms with Crippen molar-refractivity contribution >= 4 is 11.8 Å². The van der Waals surface area contributed by atoms with Crippen LogP contribution in [-0.4, -0.2) is 44.4 Å². The molecule has 0 heterocycles. The van der Waals surface area contributed by atoms with Gasteiger partial charge in [0, 0.05) is 31.2 Å². The number of nitrogens with one attached hydrogen (secondary N) is 1. The molecule has 0 bridgehead atoms. The first-order valence-corrected chi connectivity index (χ1v) is 6.61. The summed E-state index contributed by atoms with van der Waals surface area (Å²) in [7, 11) is 1.74. The van der Waals surface area contributed by atoms with Gasteiger partial charge in [0.05, 0.1) is 6.61 Å². The number of hydrogen-bond acceptors (Lipinski definition) is 4. The molecule has 0 amide bonds. The third kappa shape index (κ3) is 10.3. The molecule has 90 valence electrons. The van der Waals surface area contributed by atoms with E-state index in [0.717, 1.165) is 44.0 Å². The highest BCUT2D eigenvalue weighted by Crippen LogP contribution is 2.00. The Morgan fingerprint density at radius 2 is 2.40 bits per heavy atom. The summed E-state index contributed by atoms with van der Waals surface area (Å²) in [5.41, 5.74) is 5.48. The van der Waals surface area contributed by atoms with Gasteiger partial charge in [0.2, 0.25) is 0 Å². The predicted molar refractivity (Wildman–Crippen MR) is 69.5 cm³/mol. The smallest absolute Gasteiger partial charge is 0.0615 e. The van der Waals surface area contributed by atoms with Crippen LogP contribution in [0.5, 0.6) is 0 Å². The minimum atomic E-state index is 0.447. The lowest BCUT2D eigenvalue weighted by atomic mass is 10.1. The summed E-state index contributed by atoms with van der Waals surface area (Å²) in [6, 6.07) is 0.447. The lowest BCUT2D eigenvalue weighted by Gasteiger charge is -2.17. The molecule has 0 aliphatic carbocycles. The first-order valence-electron chi connectivity index (χ1n) is 5.46. The fourth-order valence-electron chi connectivity index (χ4n) is 1.31. The number of ether oxygens (including phenoxy) is 1. The van der Waals surface area contributed by atoms with Gasteiger partial charge in [-0.15, -0.1) is 6.58 Å². The summed E-state index contributed by atoms with van der Waals surface area (Å²) >= 11 is 1.89. The summed E-state index contributed by atoms with van der Waals surface area (Å²) in [5, 5.41) is 3.48. The highest BCUT2D eigenvalue weighted by atomic mass is 32.2. The van der Waals surface area contributed by atoms with E-state index in [1.165, 1.54) is 0 Å². The maximum Gasteiger partial charge on any atom is 0.0615 e. The van der Waals surface area contributed by atoms with Gasteiger partial charge in [0.15, 0.2) is 0 Å². The Balaban J connectivity index is 3.42. The van der Waals surface area contributed by atoms with Crippen LogP contribution < -0.4 is 11.1 Å². The van der Waals surface area contributed by atoms with Crippen LogP contribution in [0.25, 0.3) is 0 Å². The van der Waals surface area contributed by atoms with Gasteiger partial charge in [0.25, 0.3) is 0 Å². The van der Waals surface area contributed by atoms with Crippen LogP contribution in [-0.2, 0) is 4.74 Å². The quantitative estimate of drug-likeness (QED) is 0.416. The number of thioether (sulfide) groups is 1. The Kier molecular flexibility index (Phi) is 12.0. The van der Waals surface area contributed by atoms with Gasteiger partial charge in [-0.25, -0.2) is 0 Å². The second-order valence-electron chi connectivity index (χ2n) is 3.40. The van der Waals surface area contributed by atoms with Crippen LogP contribution in [0.3, 0.4) is 0 Å². The first-order chi connectivity index (χ1) is 7.35. The standard InChI is InChI=1S/C11H24N2OS/c1-3-8-15-9-7-13-11(10-14-2)5-4-6-12/h3,11,13H,1,4-10,12H2,2H3. The van der Waals surface area contributed by atoms with E-state index in [0.29, 0.717) is 6.04 Å². The average molecular weight is 232 g/mol. The van der Waals surface area contributed by atoms with Crippen LogP contribution in [0.15, 0.2) is 12.7 Å². The summed E-state index contributed by atoms with van der Waals surface area (Å²) in [5.74, 6) is 2.15. The van der Waals surface area contributed by atoms with E-state index >= 15 is 0 Å². The van der Waals surface area contributed by atoms with Gasteiger partial charge in [-0.1, -0.05) is 6.08 Å². The van der Waals surface area contributed by atoms with Gasteiger partial charge in [-0.05, 0) is 19.4 Å². The molecule has 0 saturated heterocycles. The lowest BCUT2D eigenvalue weighted by Crippen LogP contribution is -2.35. The highest BCUT2D eigenvalue weighted by Gasteiger charge is 2.05. The SMILES string of the molecule is C=CCSCCNC(CCCN)COC. The van der Waals surface area contributed by atoms with E-state index in [9.17, 15) is 0 Å². The van der Waals surface area contributed by atoms with Crippen molar-refractivity contribution in [2.45, 2.75) is 18.9 Å². The van der Waals surface area contributed by atoms with Gasteiger partial charge in [0.1, 0.15) is 0 Å². The summed E-state index contributed by atoms with van der Waals surface area (Å²) in [6.45, 7) is 6.24. The molecular formula is C11H24N2OS. The van der Waals surface area contributed by atoms with Crippen LogP contribution in [0.2, 0.25) is 0 Å². The summed E-state index contributed by atoms with van der Waals surface area (Å²) in [6.07, 6.45) is 4.09. The summed E-state index contributed by atoms with van der Waals surface area (Å²) in [4.78, 5) is 0. The number of rotatable bonds is 11. The molecule has 0 rings (SSSR count). The highest BCUT2D eigenvalue weighted by molar-refractivity contribution is 7.99. The molecule has 0 spiro atoms. The molecule has 3 nitrogen and oxygen atoms in total. The Hall–Kier alpha value is -0.0300. The predicted octanol–water partition coefficient (Wildman–Crippen LogP) is 1.25. The molecular weight excluding hydrogens is 208 g/mol. The maximum absolute atomic E-state index is 5.48. The maximum atomic E-state index is 5.48. The van der Waals surface area contributed by atoms with Crippen molar-refractivity contribution in [1.82, 2.24) is 5.32 Å². The third-order valence-corrected chi connectivity index (χ3v) is 3.00. The van der Waals surface area contributed by atoms with E-state index in [1.54, 1.807) is 7.11 Å². The number of nitrogens with two attached hydrogens (primary N) is 1. The van der Waals surface area contributed by atoms with E-state index < -0.39 is 0 Å². The van der Waals surface area contributed by atoms with Gasteiger partial charge >= 0.3 is 0 Å². The average Bonchev–Trinajstić information content (AvgIpc) is 2.25. The van der Waals surface area contributed by atoms with Crippen LogP contribution in [0.4, 0.5) is 0 Å². The third-order valence-electron chi connectivity index (χ3n) is 2.04. The Morgan fingerprint density at radius 3 is 3.00 bits per heavy atom. The lowest BCUT2D eigenvalue weighted by molar-refractivity contribution is 0.163. The van der Waals surface area contributed by atoms with E-state index in [4.69, 9.17) is 10.5 Å².